The van der Waals surface area contributed by atoms with Crippen molar-refractivity contribution in [2.75, 3.05) is 6.54 Å². The highest BCUT2D eigenvalue weighted by Crippen LogP contribution is 2.30. The molecule has 2 aromatic carbocycles. The number of aliphatic hydroxyl groups excluding tert-OH is 1. The Morgan fingerprint density at radius 1 is 1.08 bits per heavy atom. The number of amides is 3. The van der Waals surface area contributed by atoms with Crippen molar-refractivity contribution in [1.29, 1.82) is 0 Å². The number of benzene rings is 2. The summed E-state index contributed by atoms with van der Waals surface area (Å²) >= 11 is 0. The van der Waals surface area contributed by atoms with Gasteiger partial charge in [-0.2, -0.15) is 0 Å². The number of hydrogen-bond donors (Lipinski definition) is 2. The summed E-state index contributed by atoms with van der Waals surface area (Å²) in [7, 11) is 0. The molecule has 2 N–H and O–H groups in total. The first kappa shape index (κ1) is 16.2. The fraction of sp³-hybridized carbons (Fsp3) is 0.263. The van der Waals surface area contributed by atoms with Crippen LogP contribution in [-0.4, -0.2) is 28.5 Å². The Morgan fingerprint density at radius 3 is 2.33 bits per heavy atom. The number of aryl methyl sites for hydroxylation is 1. The van der Waals surface area contributed by atoms with Crippen molar-refractivity contribution in [2.24, 2.45) is 0 Å². The molecule has 0 aromatic heterocycles. The van der Waals surface area contributed by atoms with Crippen molar-refractivity contribution < 1.29 is 14.7 Å². The molecule has 0 aliphatic carbocycles. The highest BCUT2D eigenvalue weighted by Gasteiger charge is 2.49. The quantitative estimate of drug-likeness (QED) is 0.849. The number of carbonyl (C=O) groups is 2. The molecule has 0 bridgehead atoms. The molecule has 5 nitrogen and oxygen atoms in total. The molecule has 1 aliphatic heterocycles. The molecule has 1 aliphatic rings. The molecule has 1 heterocycles. The molecule has 1 saturated heterocycles. The lowest BCUT2D eigenvalue weighted by molar-refractivity contribution is -0.132. The van der Waals surface area contributed by atoms with Gasteiger partial charge in [0.15, 0.2) is 0 Å². The van der Waals surface area contributed by atoms with Gasteiger partial charge >= 0.3 is 6.03 Å². The van der Waals surface area contributed by atoms with Crippen LogP contribution < -0.4 is 5.32 Å². The van der Waals surface area contributed by atoms with E-state index in [1.807, 2.05) is 37.3 Å². The van der Waals surface area contributed by atoms with Crippen molar-refractivity contribution in [3.8, 4) is 0 Å². The average molecular weight is 324 g/mol. The van der Waals surface area contributed by atoms with E-state index >= 15 is 0 Å². The first-order chi connectivity index (χ1) is 11.4. The molecular weight excluding hydrogens is 304 g/mol. The molecule has 124 valence electrons. The summed E-state index contributed by atoms with van der Waals surface area (Å²) in [6.07, 6.45) is -0.915. The predicted molar refractivity (Wildman–Crippen MR) is 90.2 cm³/mol. The normalized spacial score (nSPS) is 21.7. The van der Waals surface area contributed by atoms with Gasteiger partial charge in [0.2, 0.25) is 0 Å². The third kappa shape index (κ3) is 2.78. The van der Waals surface area contributed by atoms with Gasteiger partial charge in [0.25, 0.3) is 5.91 Å². The van der Waals surface area contributed by atoms with E-state index in [-0.39, 0.29) is 12.5 Å². The molecular formula is C19H20N2O3. The van der Waals surface area contributed by atoms with E-state index in [9.17, 15) is 14.7 Å². The maximum Gasteiger partial charge on any atom is 0.325 e. The SMILES string of the molecule is Cc1ccc(C2(C)NC(=O)N(CC(O)c3ccccc3)C2=O)cc1. The topological polar surface area (TPSA) is 69.6 Å². The van der Waals surface area contributed by atoms with Gasteiger partial charge in [0, 0.05) is 0 Å². The van der Waals surface area contributed by atoms with Gasteiger partial charge in [-0.1, -0.05) is 60.2 Å². The molecule has 0 radical (unpaired) electrons. The third-order valence-electron chi connectivity index (χ3n) is 4.44. The van der Waals surface area contributed by atoms with Gasteiger partial charge in [0.1, 0.15) is 5.54 Å². The Hall–Kier alpha value is -2.66. The molecule has 1 fully saturated rings. The summed E-state index contributed by atoms with van der Waals surface area (Å²) in [4.78, 5) is 26.2. The van der Waals surface area contributed by atoms with Crippen LogP contribution in [0.25, 0.3) is 0 Å². The van der Waals surface area contributed by atoms with E-state index < -0.39 is 17.7 Å². The van der Waals surface area contributed by atoms with Gasteiger partial charge in [-0.25, -0.2) is 4.79 Å². The van der Waals surface area contributed by atoms with Gasteiger partial charge in [-0.3, -0.25) is 9.69 Å². The minimum atomic E-state index is -1.11. The number of nitrogens with one attached hydrogen (secondary N) is 1. The summed E-state index contributed by atoms with van der Waals surface area (Å²) in [6, 6.07) is 16.0. The lowest BCUT2D eigenvalue weighted by Crippen LogP contribution is -2.41. The minimum absolute atomic E-state index is 0.0733. The number of urea groups is 1. The average Bonchev–Trinajstić information content (AvgIpc) is 2.80. The fourth-order valence-electron chi connectivity index (χ4n) is 2.90. The zero-order valence-electron chi connectivity index (χ0n) is 13.7. The summed E-state index contributed by atoms with van der Waals surface area (Å²) in [5.41, 5.74) is 1.36. The van der Waals surface area contributed by atoms with Crippen molar-refractivity contribution >= 4 is 11.9 Å². The second kappa shape index (κ2) is 6.09. The van der Waals surface area contributed by atoms with Crippen LogP contribution in [0.4, 0.5) is 4.79 Å². The van der Waals surface area contributed by atoms with Crippen LogP contribution in [0.1, 0.15) is 29.7 Å². The number of rotatable bonds is 4. The van der Waals surface area contributed by atoms with Gasteiger partial charge in [0.05, 0.1) is 12.6 Å². The number of hydrogen-bond acceptors (Lipinski definition) is 3. The van der Waals surface area contributed by atoms with Gasteiger partial charge in [-0.15, -0.1) is 0 Å². The van der Waals surface area contributed by atoms with E-state index in [0.717, 1.165) is 16.0 Å². The van der Waals surface area contributed by atoms with Gasteiger partial charge < -0.3 is 10.4 Å². The molecule has 3 amide bonds. The summed E-state index contributed by atoms with van der Waals surface area (Å²) in [5.74, 6) is -0.355. The summed E-state index contributed by atoms with van der Waals surface area (Å²) in [5, 5.41) is 13.1. The molecule has 24 heavy (non-hydrogen) atoms. The van der Waals surface area contributed by atoms with Crippen molar-refractivity contribution in [2.45, 2.75) is 25.5 Å². The van der Waals surface area contributed by atoms with Crippen molar-refractivity contribution in [1.82, 2.24) is 10.2 Å². The van der Waals surface area contributed by atoms with Crippen LogP contribution in [0.3, 0.4) is 0 Å². The van der Waals surface area contributed by atoms with Crippen LogP contribution in [0.5, 0.6) is 0 Å². The number of carbonyl (C=O) groups excluding carboxylic acids is 2. The lowest BCUT2D eigenvalue weighted by atomic mass is 9.91. The molecule has 0 spiro atoms. The molecule has 0 saturated carbocycles. The molecule has 3 rings (SSSR count). The van der Waals surface area contributed by atoms with Crippen LogP contribution >= 0.6 is 0 Å². The smallest absolute Gasteiger partial charge is 0.325 e. The molecule has 2 aromatic rings. The first-order valence-electron chi connectivity index (χ1n) is 7.86. The first-order valence-corrected chi connectivity index (χ1v) is 7.86. The van der Waals surface area contributed by atoms with E-state index in [0.29, 0.717) is 5.56 Å². The highest BCUT2D eigenvalue weighted by atomic mass is 16.3. The largest absolute Gasteiger partial charge is 0.387 e. The Kier molecular flexibility index (Phi) is 4.11. The number of nitrogens with zero attached hydrogens (tertiary/aromatic N) is 1. The van der Waals surface area contributed by atoms with E-state index in [2.05, 4.69) is 5.32 Å². The Labute approximate surface area is 140 Å². The van der Waals surface area contributed by atoms with Crippen LogP contribution in [0.15, 0.2) is 54.6 Å². The second-order valence-electron chi connectivity index (χ2n) is 6.26. The van der Waals surface area contributed by atoms with E-state index in [1.165, 1.54) is 0 Å². The standard InChI is InChI=1S/C19H20N2O3/c1-13-8-10-15(11-9-13)19(2)17(23)21(18(24)20-19)12-16(22)14-6-4-3-5-7-14/h3-11,16,22H,12H2,1-2H3,(H,20,24). The maximum absolute atomic E-state index is 12.8. The van der Waals surface area contributed by atoms with Crippen molar-refractivity contribution in [3.63, 3.8) is 0 Å². The maximum atomic E-state index is 12.8. The molecule has 2 unspecified atom stereocenters. The third-order valence-corrected chi connectivity index (χ3v) is 4.44. The monoisotopic (exact) mass is 324 g/mol. The fourth-order valence-corrected chi connectivity index (χ4v) is 2.90. The van der Waals surface area contributed by atoms with Crippen LogP contribution in [0.2, 0.25) is 0 Å². The number of aliphatic hydroxyl groups is 1. The predicted octanol–water partition coefficient (Wildman–Crippen LogP) is 2.50. The Balaban J connectivity index is 1.82. The Bertz CT molecular complexity index is 758. The number of imide groups is 1. The highest BCUT2D eigenvalue weighted by molar-refractivity contribution is 6.07. The van der Waals surface area contributed by atoms with Crippen LogP contribution in [-0.2, 0) is 10.3 Å². The lowest BCUT2D eigenvalue weighted by Gasteiger charge is -2.23. The molecule has 5 heteroatoms. The zero-order valence-corrected chi connectivity index (χ0v) is 13.7. The minimum Gasteiger partial charge on any atom is -0.387 e. The zero-order chi connectivity index (χ0) is 17.3. The van der Waals surface area contributed by atoms with Crippen LogP contribution in [0, 0.1) is 6.92 Å². The second-order valence-corrected chi connectivity index (χ2v) is 6.26. The summed E-state index contributed by atoms with van der Waals surface area (Å²) in [6.45, 7) is 3.58. The van der Waals surface area contributed by atoms with Crippen molar-refractivity contribution in [3.05, 3.63) is 71.3 Å². The van der Waals surface area contributed by atoms with E-state index in [4.69, 9.17) is 0 Å². The number of β-amino-alcohol motifs (C(OH)–C–C–N with tert-alkyl or cyclic N) is 1. The van der Waals surface area contributed by atoms with Gasteiger partial charge in [-0.05, 0) is 25.0 Å². The Morgan fingerprint density at radius 2 is 1.71 bits per heavy atom. The van der Waals surface area contributed by atoms with E-state index in [1.54, 1.807) is 31.2 Å². The summed E-state index contributed by atoms with van der Waals surface area (Å²) < 4.78 is 0. The molecule has 2 atom stereocenters.